The molecule has 1 aliphatic rings. The van der Waals surface area contributed by atoms with Crippen LogP contribution >= 0.6 is 0 Å². The Bertz CT molecular complexity index is 1230. The summed E-state index contributed by atoms with van der Waals surface area (Å²) >= 11 is 0. The summed E-state index contributed by atoms with van der Waals surface area (Å²) in [5.41, 5.74) is 9.40. The van der Waals surface area contributed by atoms with E-state index in [9.17, 15) is 4.79 Å². The molecule has 0 bridgehead atoms. The van der Waals surface area contributed by atoms with Crippen LogP contribution in [-0.2, 0) is 17.7 Å². The molecule has 0 radical (unpaired) electrons. The zero-order valence-corrected chi connectivity index (χ0v) is 22.5. The molecule has 1 aliphatic heterocycles. The van der Waals surface area contributed by atoms with Gasteiger partial charge in [-0.15, -0.1) is 0 Å². The van der Waals surface area contributed by atoms with Gasteiger partial charge in [-0.05, 0) is 79.0 Å². The third-order valence-corrected chi connectivity index (χ3v) is 7.13. The van der Waals surface area contributed by atoms with Crippen molar-refractivity contribution in [1.82, 2.24) is 15.4 Å². The molecule has 1 aromatic heterocycles. The molecule has 6 heteroatoms. The smallest absolute Gasteiger partial charge is 0.274 e. The summed E-state index contributed by atoms with van der Waals surface area (Å²) in [7, 11) is 1.75. The maximum atomic E-state index is 13.0. The van der Waals surface area contributed by atoms with E-state index in [1.54, 1.807) is 7.11 Å². The molecular weight excluding hydrogens is 450 g/mol. The number of rotatable bonds is 9. The van der Waals surface area contributed by atoms with Crippen molar-refractivity contribution < 1.29 is 14.1 Å². The minimum Gasteiger partial charge on any atom is -0.385 e. The molecule has 36 heavy (non-hydrogen) atoms. The molecule has 0 saturated heterocycles. The van der Waals surface area contributed by atoms with Crippen LogP contribution in [0.3, 0.4) is 0 Å². The average Bonchev–Trinajstić information content (AvgIpc) is 3.29. The second kappa shape index (κ2) is 11.4. The molecule has 192 valence electrons. The van der Waals surface area contributed by atoms with Crippen LogP contribution in [0.25, 0.3) is 22.5 Å². The quantitative estimate of drug-likeness (QED) is 0.380. The summed E-state index contributed by atoms with van der Waals surface area (Å²) in [6.45, 7) is 14.9. The largest absolute Gasteiger partial charge is 0.385 e. The van der Waals surface area contributed by atoms with Crippen LogP contribution in [0.5, 0.6) is 0 Å². The molecule has 0 saturated carbocycles. The lowest BCUT2D eigenvalue weighted by atomic mass is 9.88. The van der Waals surface area contributed by atoms with Crippen molar-refractivity contribution in [2.24, 2.45) is 0 Å². The van der Waals surface area contributed by atoms with E-state index in [2.05, 4.69) is 73.4 Å². The second-order valence-corrected chi connectivity index (χ2v) is 10.1. The Labute approximate surface area is 215 Å². The van der Waals surface area contributed by atoms with E-state index >= 15 is 0 Å². The van der Waals surface area contributed by atoms with Crippen LogP contribution in [0.4, 0.5) is 0 Å². The number of hydrogen-bond acceptors (Lipinski definition) is 5. The number of carbonyl (C=O) groups excluding carboxylic acids is 1. The fraction of sp³-hybridized carbons (Fsp3) is 0.467. The predicted molar refractivity (Wildman–Crippen MR) is 144 cm³/mol. The molecule has 0 atom stereocenters. The molecule has 2 heterocycles. The Hall–Kier alpha value is -2.96. The highest BCUT2D eigenvalue weighted by atomic mass is 16.5. The zero-order chi connectivity index (χ0) is 25.8. The van der Waals surface area contributed by atoms with Gasteiger partial charge in [-0.25, -0.2) is 0 Å². The first-order valence-electron chi connectivity index (χ1n) is 13.1. The molecule has 3 aromatic rings. The van der Waals surface area contributed by atoms with E-state index in [0.717, 1.165) is 61.3 Å². The number of aryl methyl sites for hydroxylation is 2. The Morgan fingerprint density at radius 1 is 1.17 bits per heavy atom. The Balaban J connectivity index is 1.77. The average molecular weight is 490 g/mol. The van der Waals surface area contributed by atoms with Crippen LogP contribution < -0.4 is 5.32 Å². The molecular formula is C30H39N3O3. The van der Waals surface area contributed by atoms with E-state index in [4.69, 9.17) is 9.26 Å². The summed E-state index contributed by atoms with van der Waals surface area (Å²) in [5.74, 6) is 0.833. The SMILES string of the molecule is CCNC(=O)c1noc(-c2cc(C(C)C)c(C)cc2C)c1-c1ccc2c(c1)CCN(CCCOC)C2. The predicted octanol–water partition coefficient (Wildman–Crippen LogP) is 5.89. The summed E-state index contributed by atoms with van der Waals surface area (Å²) in [6.07, 6.45) is 2.02. The van der Waals surface area contributed by atoms with Crippen LogP contribution in [0.2, 0.25) is 0 Å². The lowest BCUT2D eigenvalue weighted by Crippen LogP contribution is -2.31. The maximum absolute atomic E-state index is 13.0. The normalized spacial score (nSPS) is 13.8. The van der Waals surface area contributed by atoms with Gasteiger partial charge in [0.25, 0.3) is 5.91 Å². The summed E-state index contributed by atoms with van der Waals surface area (Å²) < 4.78 is 11.2. The topological polar surface area (TPSA) is 67.6 Å². The van der Waals surface area contributed by atoms with Gasteiger partial charge in [0.1, 0.15) is 0 Å². The standard InChI is InChI=1S/C30H39N3O3/c1-7-31-30(34)28-27(29(36-32-28)26-17-25(19(2)3)20(4)15-21(26)5)23-9-10-24-18-33(12-8-14-35-6)13-11-22(24)16-23/h9-10,15-17,19H,7-8,11-14,18H2,1-6H3,(H,31,34). The number of nitrogens with zero attached hydrogens (tertiary/aromatic N) is 2. The number of carbonyl (C=O) groups is 1. The summed E-state index contributed by atoms with van der Waals surface area (Å²) in [5, 5.41) is 7.19. The minimum absolute atomic E-state index is 0.210. The number of aromatic nitrogens is 1. The monoisotopic (exact) mass is 489 g/mol. The minimum atomic E-state index is -0.210. The molecule has 1 amide bonds. The first kappa shape index (κ1) is 26.1. The highest BCUT2D eigenvalue weighted by Gasteiger charge is 2.27. The fourth-order valence-corrected chi connectivity index (χ4v) is 5.27. The van der Waals surface area contributed by atoms with E-state index in [1.165, 1.54) is 22.3 Å². The molecule has 1 N–H and O–H groups in total. The third-order valence-electron chi connectivity index (χ3n) is 7.13. The second-order valence-electron chi connectivity index (χ2n) is 10.1. The molecule has 0 fully saturated rings. The van der Waals surface area contributed by atoms with Crippen LogP contribution in [-0.4, -0.2) is 49.3 Å². The van der Waals surface area contributed by atoms with Crippen molar-refractivity contribution in [3.63, 3.8) is 0 Å². The van der Waals surface area contributed by atoms with Gasteiger partial charge in [0, 0.05) is 45.5 Å². The zero-order valence-electron chi connectivity index (χ0n) is 22.5. The summed E-state index contributed by atoms with van der Waals surface area (Å²) in [4.78, 5) is 15.5. The van der Waals surface area contributed by atoms with E-state index in [-0.39, 0.29) is 5.91 Å². The number of amides is 1. The van der Waals surface area contributed by atoms with Crippen LogP contribution in [0, 0.1) is 13.8 Å². The van der Waals surface area contributed by atoms with Gasteiger partial charge in [-0.3, -0.25) is 9.69 Å². The van der Waals surface area contributed by atoms with Crippen LogP contribution in [0.1, 0.15) is 71.4 Å². The van der Waals surface area contributed by atoms with Gasteiger partial charge in [0.15, 0.2) is 11.5 Å². The number of benzene rings is 2. The fourth-order valence-electron chi connectivity index (χ4n) is 5.27. The lowest BCUT2D eigenvalue weighted by molar-refractivity contribution is 0.0947. The van der Waals surface area contributed by atoms with Crippen molar-refractivity contribution in [3.05, 3.63) is 63.8 Å². The van der Waals surface area contributed by atoms with Crippen molar-refractivity contribution in [3.8, 4) is 22.5 Å². The number of nitrogens with one attached hydrogen (secondary N) is 1. The number of hydrogen-bond donors (Lipinski definition) is 1. The van der Waals surface area contributed by atoms with Gasteiger partial charge >= 0.3 is 0 Å². The van der Waals surface area contributed by atoms with Crippen molar-refractivity contribution >= 4 is 5.91 Å². The lowest BCUT2D eigenvalue weighted by Gasteiger charge is -2.29. The first-order chi connectivity index (χ1) is 17.3. The molecule has 2 aromatic carbocycles. The van der Waals surface area contributed by atoms with E-state index in [0.29, 0.717) is 23.9 Å². The molecule has 0 spiro atoms. The highest BCUT2D eigenvalue weighted by molar-refractivity contribution is 6.02. The molecule has 6 nitrogen and oxygen atoms in total. The van der Waals surface area contributed by atoms with E-state index < -0.39 is 0 Å². The first-order valence-corrected chi connectivity index (χ1v) is 13.1. The van der Waals surface area contributed by atoms with Gasteiger partial charge in [-0.2, -0.15) is 0 Å². The van der Waals surface area contributed by atoms with E-state index in [1.807, 2.05) is 6.92 Å². The van der Waals surface area contributed by atoms with Gasteiger partial charge in [0.2, 0.25) is 0 Å². The van der Waals surface area contributed by atoms with Crippen LogP contribution in [0.15, 0.2) is 34.9 Å². The summed E-state index contributed by atoms with van der Waals surface area (Å²) in [6, 6.07) is 11.0. The Morgan fingerprint density at radius 2 is 1.97 bits per heavy atom. The van der Waals surface area contributed by atoms with Gasteiger partial charge in [-0.1, -0.05) is 43.3 Å². The molecule has 0 unspecified atom stereocenters. The van der Waals surface area contributed by atoms with Gasteiger partial charge in [0.05, 0.1) is 5.56 Å². The van der Waals surface area contributed by atoms with Crippen molar-refractivity contribution in [1.29, 1.82) is 0 Å². The van der Waals surface area contributed by atoms with Crippen molar-refractivity contribution in [2.75, 3.05) is 33.4 Å². The Morgan fingerprint density at radius 3 is 2.69 bits per heavy atom. The number of methoxy groups -OCH3 is 1. The number of ether oxygens (including phenoxy) is 1. The van der Waals surface area contributed by atoms with Crippen molar-refractivity contribution in [2.45, 2.75) is 59.9 Å². The third kappa shape index (κ3) is 5.40. The highest BCUT2D eigenvalue weighted by Crippen LogP contribution is 2.39. The molecule has 4 rings (SSSR count). The Kier molecular flexibility index (Phi) is 8.27. The van der Waals surface area contributed by atoms with Gasteiger partial charge < -0.3 is 14.6 Å². The molecule has 0 aliphatic carbocycles. The maximum Gasteiger partial charge on any atom is 0.274 e. The number of fused-ring (bicyclic) bond motifs is 1.